The average Bonchev–Trinajstić information content (AvgIpc) is 2.94. The van der Waals surface area contributed by atoms with E-state index in [4.69, 9.17) is 0 Å². The van der Waals surface area contributed by atoms with Crippen LogP contribution in [0.25, 0.3) is 10.9 Å². The molecule has 0 amide bonds. The fraction of sp³-hybridized carbons (Fsp3) is 0.333. The van der Waals surface area contributed by atoms with Crippen molar-refractivity contribution in [3.63, 3.8) is 0 Å². The number of rotatable bonds is 8. The zero-order valence-corrected chi connectivity index (χ0v) is 14.0. The van der Waals surface area contributed by atoms with Gasteiger partial charge in [-0.25, -0.2) is 0 Å². The highest BCUT2D eigenvalue weighted by molar-refractivity contribution is 5.84. The number of benzene rings is 2. The van der Waals surface area contributed by atoms with Gasteiger partial charge in [0, 0.05) is 23.6 Å². The number of aryl methyl sites for hydroxylation is 1. The summed E-state index contributed by atoms with van der Waals surface area (Å²) in [4.78, 5) is 0. The first-order chi connectivity index (χ1) is 11.4. The third-order valence-corrected chi connectivity index (χ3v) is 4.29. The maximum Gasteiger partial charge on any atom is 0.0486 e. The van der Waals surface area contributed by atoms with Gasteiger partial charge in [-0.3, -0.25) is 0 Å². The number of hydrogen-bond acceptors (Lipinski definition) is 1. The summed E-state index contributed by atoms with van der Waals surface area (Å²) in [5.41, 5.74) is 4.16. The van der Waals surface area contributed by atoms with Gasteiger partial charge in [0.1, 0.15) is 0 Å². The lowest BCUT2D eigenvalue weighted by atomic mass is 10.1. The Bertz CT molecular complexity index is 728. The molecule has 3 aromatic rings. The van der Waals surface area contributed by atoms with Crippen LogP contribution >= 0.6 is 0 Å². The van der Waals surface area contributed by atoms with Gasteiger partial charge < -0.3 is 9.88 Å². The monoisotopic (exact) mass is 306 g/mol. The summed E-state index contributed by atoms with van der Waals surface area (Å²) >= 11 is 0. The maximum atomic E-state index is 3.49. The first-order valence-electron chi connectivity index (χ1n) is 8.70. The van der Waals surface area contributed by atoms with Gasteiger partial charge in [0.2, 0.25) is 0 Å². The van der Waals surface area contributed by atoms with Crippen molar-refractivity contribution in [2.24, 2.45) is 0 Å². The summed E-state index contributed by atoms with van der Waals surface area (Å²) in [6.45, 7) is 5.38. The molecule has 0 radical (unpaired) electrons. The van der Waals surface area contributed by atoms with E-state index in [1.807, 2.05) is 0 Å². The molecule has 0 saturated heterocycles. The molecule has 0 saturated carbocycles. The molecule has 2 heteroatoms. The van der Waals surface area contributed by atoms with Crippen LogP contribution in [-0.4, -0.2) is 17.7 Å². The van der Waals surface area contributed by atoms with E-state index in [9.17, 15) is 0 Å². The van der Waals surface area contributed by atoms with Crippen molar-refractivity contribution in [3.8, 4) is 0 Å². The standard InChI is InChI=1S/C21H26N2/c1-2-14-22-15-8-11-19-17-23(16-18-9-4-3-5-10-18)21-13-7-6-12-20(19)21/h3-7,9-10,12-13,17,22H,2,8,11,14-16H2,1H3. The molecular weight excluding hydrogens is 280 g/mol. The van der Waals surface area contributed by atoms with Gasteiger partial charge in [0.05, 0.1) is 0 Å². The molecule has 0 fully saturated rings. The van der Waals surface area contributed by atoms with Gasteiger partial charge in [-0.2, -0.15) is 0 Å². The maximum absolute atomic E-state index is 3.49. The lowest BCUT2D eigenvalue weighted by molar-refractivity contribution is 0.640. The molecule has 0 aliphatic rings. The van der Waals surface area contributed by atoms with E-state index in [1.165, 1.54) is 34.9 Å². The van der Waals surface area contributed by atoms with Gasteiger partial charge >= 0.3 is 0 Å². The van der Waals surface area contributed by atoms with E-state index >= 15 is 0 Å². The molecule has 0 atom stereocenters. The Balaban J connectivity index is 1.76. The molecule has 1 aromatic heterocycles. The minimum atomic E-state index is 0.940. The van der Waals surface area contributed by atoms with E-state index in [-0.39, 0.29) is 0 Å². The Hall–Kier alpha value is -2.06. The molecule has 3 rings (SSSR count). The van der Waals surface area contributed by atoms with Crippen LogP contribution in [0.15, 0.2) is 60.8 Å². The van der Waals surface area contributed by atoms with Crippen molar-refractivity contribution >= 4 is 10.9 Å². The van der Waals surface area contributed by atoms with Crippen molar-refractivity contribution in [2.75, 3.05) is 13.1 Å². The molecule has 120 valence electrons. The molecule has 0 bridgehead atoms. The highest BCUT2D eigenvalue weighted by atomic mass is 15.0. The van der Waals surface area contributed by atoms with Crippen LogP contribution < -0.4 is 5.32 Å². The number of para-hydroxylation sites is 1. The predicted octanol–water partition coefficient (Wildman–Crippen LogP) is 4.62. The predicted molar refractivity (Wildman–Crippen MR) is 99.0 cm³/mol. The first-order valence-corrected chi connectivity index (χ1v) is 8.70. The quantitative estimate of drug-likeness (QED) is 0.601. The summed E-state index contributed by atoms with van der Waals surface area (Å²) in [5, 5.41) is 4.89. The summed E-state index contributed by atoms with van der Waals surface area (Å²) in [6, 6.07) is 19.5. The third-order valence-electron chi connectivity index (χ3n) is 4.29. The molecule has 0 aliphatic carbocycles. The zero-order chi connectivity index (χ0) is 15.9. The molecule has 0 aliphatic heterocycles. The Morgan fingerprint density at radius 2 is 1.70 bits per heavy atom. The van der Waals surface area contributed by atoms with E-state index in [0.29, 0.717) is 0 Å². The van der Waals surface area contributed by atoms with E-state index < -0.39 is 0 Å². The van der Waals surface area contributed by atoms with Crippen molar-refractivity contribution in [3.05, 3.63) is 71.9 Å². The third kappa shape index (κ3) is 4.02. The van der Waals surface area contributed by atoms with Crippen molar-refractivity contribution in [1.82, 2.24) is 9.88 Å². The van der Waals surface area contributed by atoms with Crippen molar-refractivity contribution in [2.45, 2.75) is 32.7 Å². The van der Waals surface area contributed by atoms with Crippen LogP contribution in [0.5, 0.6) is 0 Å². The largest absolute Gasteiger partial charge is 0.343 e. The molecular formula is C21H26N2. The molecule has 2 aromatic carbocycles. The summed E-state index contributed by atoms with van der Waals surface area (Å²) in [5.74, 6) is 0. The van der Waals surface area contributed by atoms with E-state index in [2.05, 4.69) is 77.6 Å². The van der Waals surface area contributed by atoms with Crippen LogP contribution in [0.4, 0.5) is 0 Å². The second-order valence-corrected chi connectivity index (χ2v) is 6.14. The number of nitrogens with zero attached hydrogens (tertiary/aromatic N) is 1. The number of nitrogens with one attached hydrogen (secondary N) is 1. The van der Waals surface area contributed by atoms with E-state index in [0.717, 1.165) is 26.1 Å². The Labute approximate surface area is 139 Å². The number of fused-ring (bicyclic) bond motifs is 1. The Kier molecular flexibility index (Phi) is 5.49. The molecule has 1 heterocycles. The lowest BCUT2D eigenvalue weighted by Crippen LogP contribution is -2.16. The topological polar surface area (TPSA) is 17.0 Å². The van der Waals surface area contributed by atoms with E-state index in [1.54, 1.807) is 0 Å². The summed E-state index contributed by atoms with van der Waals surface area (Å²) in [6.07, 6.45) is 5.88. The second-order valence-electron chi connectivity index (χ2n) is 6.14. The first kappa shape index (κ1) is 15.8. The molecule has 23 heavy (non-hydrogen) atoms. The fourth-order valence-electron chi connectivity index (χ4n) is 3.14. The fourth-order valence-corrected chi connectivity index (χ4v) is 3.14. The summed E-state index contributed by atoms with van der Waals surface area (Å²) < 4.78 is 2.39. The van der Waals surface area contributed by atoms with Crippen LogP contribution in [0.1, 0.15) is 30.9 Å². The van der Waals surface area contributed by atoms with Gasteiger partial charge in [0.15, 0.2) is 0 Å². The SMILES string of the molecule is CCCNCCCc1cn(Cc2ccccc2)c2ccccc12. The highest BCUT2D eigenvalue weighted by Gasteiger charge is 2.08. The van der Waals surface area contributed by atoms with Gasteiger partial charge in [-0.1, -0.05) is 55.5 Å². The molecule has 0 unspecified atom stereocenters. The van der Waals surface area contributed by atoms with Gasteiger partial charge in [-0.15, -0.1) is 0 Å². The normalized spacial score (nSPS) is 11.2. The van der Waals surface area contributed by atoms with Gasteiger partial charge in [0.25, 0.3) is 0 Å². The Morgan fingerprint density at radius 1 is 0.913 bits per heavy atom. The van der Waals surface area contributed by atoms with Crippen LogP contribution in [0.3, 0.4) is 0 Å². The van der Waals surface area contributed by atoms with Crippen LogP contribution in [0, 0.1) is 0 Å². The second kappa shape index (κ2) is 7.98. The average molecular weight is 306 g/mol. The van der Waals surface area contributed by atoms with Crippen LogP contribution in [0.2, 0.25) is 0 Å². The smallest absolute Gasteiger partial charge is 0.0486 e. The lowest BCUT2D eigenvalue weighted by Gasteiger charge is -2.05. The number of hydrogen-bond donors (Lipinski definition) is 1. The molecule has 1 N–H and O–H groups in total. The zero-order valence-electron chi connectivity index (χ0n) is 14.0. The molecule has 0 spiro atoms. The summed E-state index contributed by atoms with van der Waals surface area (Å²) in [7, 11) is 0. The number of aromatic nitrogens is 1. The van der Waals surface area contributed by atoms with Gasteiger partial charge in [-0.05, 0) is 49.5 Å². The van der Waals surface area contributed by atoms with Crippen molar-refractivity contribution < 1.29 is 0 Å². The molecule has 2 nitrogen and oxygen atoms in total. The highest BCUT2D eigenvalue weighted by Crippen LogP contribution is 2.23. The Morgan fingerprint density at radius 3 is 2.52 bits per heavy atom. The minimum Gasteiger partial charge on any atom is -0.343 e. The van der Waals surface area contributed by atoms with Crippen LogP contribution in [-0.2, 0) is 13.0 Å². The van der Waals surface area contributed by atoms with Crippen molar-refractivity contribution in [1.29, 1.82) is 0 Å². The minimum absolute atomic E-state index is 0.940.